The Morgan fingerprint density at radius 2 is 1.74 bits per heavy atom. The Morgan fingerprint density at radius 1 is 1.16 bits per heavy atom. The molecule has 112 valence electrons. The summed E-state index contributed by atoms with van der Waals surface area (Å²) in [5, 5.41) is 2.72. The fourth-order valence-corrected chi connectivity index (χ4v) is 1.54. The molecule has 6 nitrogen and oxygen atoms in total. The lowest BCUT2D eigenvalue weighted by atomic mass is 10.0. The molecule has 6 heteroatoms. The van der Waals surface area contributed by atoms with Crippen molar-refractivity contribution < 1.29 is 14.3 Å². The topological polar surface area (TPSA) is 61.9 Å². The van der Waals surface area contributed by atoms with Crippen molar-refractivity contribution in [2.75, 3.05) is 41.3 Å². The Bertz CT molecular complexity index is 293. The number of likely N-dealkylation sites (N-methyl/N-ethyl adjacent to an activating group) is 2. The van der Waals surface area contributed by atoms with Gasteiger partial charge in [0, 0.05) is 20.1 Å². The predicted octanol–water partition coefficient (Wildman–Crippen LogP) is 0.777. The number of ether oxygens (including phenoxy) is 1. The molecule has 1 N–H and O–H groups in total. The van der Waals surface area contributed by atoms with Gasteiger partial charge < -0.3 is 19.9 Å². The number of hydrogen-bond acceptors (Lipinski definition) is 4. The molecule has 0 fully saturated rings. The average Bonchev–Trinajstić information content (AvgIpc) is 2.33. The molecule has 0 unspecified atom stereocenters. The molecule has 0 aliphatic heterocycles. The number of nitrogens with zero attached hydrogens (tertiary/aromatic N) is 2. The van der Waals surface area contributed by atoms with Gasteiger partial charge in [0.2, 0.25) is 0 Å². The van der Waals surface area contributed by atoms with E-state index in [1.165, 1.54) is 7.11 Å². The Kier molecular flexibility index (Phi) is 8.14. The van der Waals surface area contributed by atoms with Crippen LogP contribution in [0.2, 0.25) is 0 Å². The zero-order valence-corrected chi connectivity index (χ0v) is 12.9. The van der Waals surface area contributed by atoms with Crippen LogP contribution in [-0.2, 0) is 9.53 Å². The van der Waals surface area contributed by atoms with Crippen LogP contribution in [0, 0.1) is 5.92 Å². The molecule has 19 heavy (non-hydrogen) atoms. The fourth-order valence-electron chi connectivity index (χ4n) is 1.54. The lowest BCUT2D eigenvalue weighted by molar-refractivity contribution is -0.143. The summed E-state index contributed by atoms with van der Waals surface area (Å²) in [6.07, 6.45) is 0.569. The highest BCUT2D eigenvalue weighted by atomic mass is 16.5. The Labute approximate surface area is 116 Å². The summed E-state index contributed by atoms with van der Waals surface area (Å²) in [5.74, 6) is -0.0976. The maximum Gasteiger partial charge on any atom is 0.328 e. The molecule has 2 amide bonds. The first kappa shape index (κ1) is 17.7. The molecule has 0 aromatic heterocycles. The van der Waals surface area contributed by atoms with Crippen molar-refractivity contribution in [3.8, 4) is 0 Å². The first-order chi connectivity index (χ1) is 8.77. The first-order valence-corrected chi connectivity index (χ1v) is 6.52. The van der Waals surface area contributed by atoms with E-state index in [1.807, 2.05) is 32.8 Å². The van der Waals surface area contributed by atoms with E-state index in [4.69, 9.17) is 4.74 Å². The third-order valence-corrected chi connectivity index (χ3v) is 2.72. The van der Waals surface area contributed by atoms with Gasteiger partial charge >= 0.3 is 12.0 Å². The summed E-state index contributed by atoms with van der Waals surface area (Å²) in [4.78, 5) is 27.1. The molecular weight excluding hydrogens is 246 g/mol. The van der Waals surface area contributed by atoms with Gasteiger partial charge in [-0.1, -0.05) is 13.8 Å². The quantitative estimate of drug-likeness (QED) is 0.696. The van der Waals surface area contributed by atoms with E-state index in [0.717, 1.165) is 6.54 Å². The molecule has 0 heterocycles. The molecule has 0 saturated carbocycles. The first-order valence-electron chi connectivity index (χ1n) is 6.52. The van der Waals surface area contributed by atoms with Gasteiger partial charge in [-0.25, -0.2) is 9.59 Å². The van der Waals surface area contributed by atoms with Gasteiger partial charge in [0.15, 0.2) is 0 Å². The van der Waals surface area contributed by atoms with E-state index in [-0.39, 0.29) is 6.03 Å². The van der Waals surface area contributed by atoms with Gasteiger partial charge in [0.05, 0.1) is 7.11 Å². The standard InChI is InChI=1S/C13H27N3O3/c1-10(2)9-11(12(17)19-6)14-13(18)16(5)8-7-15(3)4/h10-11H,7-9H2,1-6H3,(H,14,18)/t11-/m0/s1. The zero-order valence-electron chi connectivity index (χ0n) is 12.9. The van der Waals surface area contributed by atoms with Crippen molar-refractivity contribution in [1.29, 1.82) is 0 Å². The van der Waals surface area contributed by atoms with E-state index >= 15 is 0 Å². The molecule has 0 aliphatic carbocycles. The Morgan fingerprint density at radius 3 is 2.16 bits per heavy atom. The van der Waals surface area contributed by atoms with E-state index in [0.29, 0.717) is 18.9 Å². The highest BCUT2D eigenvalue weighted by molar-refractivity contribution is 5.83. The second-order valence-electron chi connectivity index (χ2n) is 5.38. The minimum atomic E-state index is -0.584. The molecule has 0 saturated heterocycles. The van der Waals surface area contributed by atoms with Crippen LogP contribution >= 0.6 is 0 Å². The van der Waals surface area contributed by atoms with Crippen molar-refractivity contribution in [2.24, 2.45) is 5.92 Å². The summed E-state index contributed by atoms with van der Waals surface area (Å²) in [7, 11) is 6.93. The van der Waals surface area contributed by atoms with Crippen molar-refractivity contribution in [2.45, 2.75) is 26.3 Å². The van der Waals surface area contributed by atoms with Crippen LogP contribution in [-0.4, -0.2) is 69.2 Å². The number of esters is 1. The largest absolute Gasteiger partial charge is 0.467 e. The third-order valence-electron chi connectivity index (χ3n) is 2.72. The summed E-state index contributed by atoms with van der Waals surface area (Å²) in [6, 6.07) is -0.836. The lowest BCUT2D eigenvalue weighted by Gasteiger charge is -2.24. The van der Waals surface area contributed by atoms with Crippen LogP contribution in [0.25, 0.3) is 0 Å². The van der Waals surface area contributed by atoms with Gasteiger partial charge in [0.1, 0.15) is 6.04 Å². The highest BCUT2D eigenvalue weighted by Crippen LogP contribution is 2.06. The van der Waals surface area contributed by atoms with Crippen molar-refractivity contribution in [3.63, 3.8) is 0 Å². The summed E-state index contributed by atoms with van der Waals surface area (Å²) in [6.45, 7) is 5.38. The van der Waals surface area contributed by atoms with Crippen LogP contribution in [0.5, 0.6) is 0 Å². The van der Waals surface area contributed by atoms with E-state index in [9.17, 15) is 9.59 Å². The van der Waals surface area contributed by atoms with Crippen molar-refractivity contribution >= 4 is 12.0 Å². The second-order valence-corrected chi connectivity index (χ2v) is 5.38. The van der Waals surface area contributed by atoms with Gasteiger partial charge in [-0.05, 0) is 26.4 Å². The molecule has 0 aromatic rings. The normalized spacial score (nSPS) is 12.4. The Balaban J connectivity index is 4.40. The number of amides is 2. The number of carbonyl (C=O) groups excluding carboxylic acids is 2. The van der Waals surface area contributed by atoms with Crippen LogP contribution in [0.3, 0.4) is 0 Å². The summed E-state index contributed by atoms with van der Waals surface area (Å²) >= 11 is 0. The molecule has 0 aliphatic rings. The second kappa shape index (κ2) is 8.74. The number of urea groups is 1. The van der Waals surface area contributed by atoms with E-state index < -0.39 is 12.0 Å². The lowest BCUT2D eigenvalue weighted by Crippen LogP contribution is -2.48. The maximum absolute atomic E-state index is 12.0. The minimum Gasteiger partial charge on any atom is -0.467 e. The van der Waals surface area contributed by atoms with E-state index in [1.54, 1.807) is 11.9 Å². The molecule has 0 radical (unpaired) electrons. The average molecular weight is 273 g/mol. The Hall–Kier alpha value is -1.30. The molecular formula is C13H27N3O3. The van der Waals surface area contributed by atoms with Crippen LogP contribution in [0.1, 0.15) is 20.3 Å². The molecule has 0 aromatic carbocycles. The smallest absolute Gasteiger partial charge is 0.328 e. The minimum absolute atomic E-state index is 0.252. The number of nitrogens with one attached hydrogen (secondary N) is 1. The molecule has 0 bridgehead atoms. The predicted molar refractivity (Wildman–Crippen MR) is 75.0 cm³/mol. The molecule has 0 spiro atoms. The monoisotopic (exact) mass is 273 g/mol. The number of methoxy groups -OCH3 is 1. The number of hydrogen-bond donors (Lipinski definition) is 1. The highest BCUT2D eigenvalue weighted by Gasteiger charge is 2.23. The van der Waals surface area contributed by atoms with Gasteiger partial charge in [-0.2, -0.15) is 0 Å². The van der Waals surface area contributed by atoms with Crippen LogP contribution < -0.4 is 5.32 Å². The molecule has 1 atom stereocenters. The van der Waals surface area contributed by atoms with Gasteiger partial charge in [-0.15, -0.1) is 0 Å². The van der Waals surface area contributed by atoms with Crippen LogP contribution in [0.4, 0.5) is 4.79 Å². The summed E-state index contributed by atoms with van der Waals surface area (Å²) < 4.78 is 4.71. The maximum atomic E-state index is 12.0. The number of rotatable bonds is 7. The number of carbonyl (C=O) groups is 2. The van der Waals surface area contributed by atoms with Gasteiger partial charge in [-0.3, -0.25) is 0 Å². The fraction of sp³-hybridized carbons (Fsp3) is 0.846. The van der Waals surface area contributed by atoms with Crippen molar-refractivity contribution in [3.05, 3.63) is 0 Å². The molecule has 0 rings (SSSR count). The van der Waals surface area contributed by atoms with Crippen molar-refractivity contribution in [1.82, 2.24) is 15.1 Å². The SMILES string of the molecule is COC(=O)[C@H](CC(C)C)NC(=O)N(C)CCN(C)C. The van der Waals surface area contributed by atoms with Crippen LogP contribution in [0.15, 0.2) is 0 Å². The van der Waals surface area contributed by atoms with E-state index in [2.05, 4.69) is 5.32 Å². The third kappa shape index (κ3) is 7.66. The van der Waals surface area contributed by atoms with Gasteiger partial charge in [0.25, 0.3) is 0 Å². The summed E-state index contributed by atoms with van der Waals surface area (Å²) in [5.41, 5.74) is 0. The zero-order chi connectivity index (χ0) is 15.0.